The molecule has 3 aromatic rings. The molecule has 110 valence electrons. The first kappa shape index (κ1) is 14.9. The number of carbonyl (C=O) groups excluding carboxylic acids is 1. The largest absolute Gasteiger partial charge is 0.421 e. The molecule has 0 unspecified atom stereocenters. The standard InChI is InChI=1S/C18H12Cl2O2/c1-11-6-2-3-7-12(11)18(21)22-17-14-9-5-4-8-13(14)15(19)10-16(17)20/h2-10H,1H3. The van der Waals surface area contributed by atoms with Gasteiger partial charge in [0.2, 0.25) is 0 Å². The number of ether oxygens (including phenoxy) is 1. The van der Waals surface area contributed by atoms with Gasteiger partial charge in [0.25, 0.3) is 0 Å². The Hall–Kier alpha value is -2.03. The molecule has 0 N–H and O–H groups in total. The summed E-state index contributed by atoms with van der Waals surface area (Å²) >= 11 is 12.4. The first-order valence-corrected chi connectivity index (χ1v) is 7.48. The van der Waals surface area contributed by atoms with Crippen LogP contribution in [0.5, 0.6) is 5.75 Å². The van der Waals surface area contributed by atoms with Gasteiger partial charge in [0.05, 0.1) is 15.6 Å². The SMILES string of the molecule is Cc1ccccc1C(=O)Oc1c(Cl)cc(Cl)c2ccccc12. The Morgan fingerprint density at radius 2 is 1.55 bits per heavy atom. The fourth-order valence-corrected chi connectivity index (χ4v) is 2.91. The third kappa shape index (κ3) is 2.68. The molecule has 0 aliphatic rings. The minimum atomic E-state index is -0.438. The second-order valence-corrected chi connectivity index (χ2v) is 5.73. The first-order chi connectivity index (χ1) is 10.6. The maximum atomic E-state index is 12.4. The van der Waals surface area contributed by atoms with Crippen molar-refractivity contribution in [3.8, 4) is 5.75 Å². The van der Waals surface area contributed by atoms with E-state index in [1.54, 1.807) is 18.2 Å². The monoisotopic (exact) mass is 330 g/mol. The number of aryl methyl sites for hydroxylation is 1. The lowest BCUT2D eigenvalue weighted by Crippen LogP contribution is -2.10. The normalized spacial score (nSPS) is 10.7. The molecular weight excluding hydrogens is 319 g/mol. The summed E-state index contributed by atoms with van der Waals surface area (Å²) in [5.41, 5.74) is 1.36. The van der Waals surface area contributed by atoms with Crippen LogP contribution in [0.25, 0.3) is 10.8 Å². The summed E-state index contributed by atoms with van der Waals surface area (Å²) in [6.45, 7) is 1.86. The summed E-state index contributed by atoms with van der Waals surface area (Å²) in [7, 11) is 0. The number of rotatable bonds is 2. The van der Waals surface area contributed by atoms with Crippen LogP contribution in [-0.4, -0.2) is 5.97 Å². The zero-order chi connectivity index (χ0) is 15.7. The average molecular weight is 331 g/mol. The van der Waals surface area contributed by atoms with E-state index in [0.29, 0.717) is 26.7 Å². The zero-order valence-corrected chi connectivity index (χ0v) is 13.3. The van der Waals surface area contributed by atoms with Crippen molar-refractivity contribution in [1.29, 1.82) is 0 Å². The van der Waals surface area contributed by atoms with Crippen LogP contribution >= 0.6 is 23.2 Å². The van der Waals surface area contributed by atoms with Crippen molar-refractivity contribution in [3.63, 3.8) is 0 Å². The molecule has 0 aromatic heterocycles. The smallest absolute Gasteiger partial charge is 0.343 e. The van der Waals surface area contributed by atoms with Crippen molar-refractivity contribution in [2.24, 2.45) is 0 Å². The van der Waals surface area contributed by atoms with Crippen molar-refractivity contribution < 1.29 is 9.53 Å². The number of carbonyl (C=O) groups is 1. The highest BCUT2D eigenvalue weighted by atomic mass is 35.5. The summed E-state index contributed by atoms with van der Waals surface area (Å²) in [6.07, 6.45) is 0. The summed E-state index contributed by atoms with van der Waals surface area (Å²) < 4.78 is 5.55. The fraction of sp³-hybridized carbons (Fsp3) is 0.0556. The lowest BCUT2D eigenvalue weighted by molar-refractivity contribution is 0.0736. The number of hydrogen-bond donors (Lipinski definition) is 0. The van der Waals surface area contributed by atoms with Gasteiger partial charge < -0.3 is 4.74 Å². The Kier molecular flexibility index (Phi) is 4.06. The number of benzene rings is 3. The van der Waals surface area contributed by atoms with Gasteiger partial charge in [-0.1, -0.05) is 65.7 Å². The topological polar surface area (TPSA) is 26.3 Å². The third-order valence-electron chi connectivity index (χ3n) is 3.46. The Labute approximate surface area is 138 Å². The van der Waals surface area contributed by atoms with Gasteiger partial charge in [-0.15, -0.1) is 0 Å². The van der Waals surface area contributed by atoms with E-state index >= 15 is 0 Å². The highest BCUT2D eigenvalue weighted by molar-refractivity contribution is 6.40. The first-order valence-electron chi connectivity index (χ1n) is 6.72. The van der Waals surface area contributed by atoms with Gasteiger partial charge in [-0.2, -0.15) is 0 Å². The van der Waals surface area contributed by atoms with Crippen LogP contribution in [-0.2, 0) is 0 Å². The second-order valence-electron chi connectivity index (χ2n) is 4.92. The minimum absolute atomic E-state index is 0.311. The molecule has 22 heavy (non-hydrogen) atoms. The third-order valence-corrected chi connectivity index (χ3v) is 4.05. The van der Waals surface area contributed by atoms with Crippen molar-refractivity contribution in [2.45, 2.75) is 6.92 Å². The summed E-state index contributed by atoms with van der Waals surface area (Å²) in [4.78, 5) is 12.4. The Morgan fingerprint density at radius 1 is 0.909 bits per heavy atom. The lowest BCUT2D eigenvalue weighted by atomic mass is 10.1. The van der Waals surface area contributed by atoms with Gasteiger partial charge in [-0.25, -0.2) is 4.79 Å². The summed E-state index contributed by atoms with van der Waals surface area (Å²) in [6, 6.07) is 16.2. The van der Waals surface area contributed by atoms with Gasteiger partial charge >= 0.3 is 5.97 Å². The van der Waals surface area contributed by atoms with E-state index in [0.717, 1.165) is 10.9 Å². The van der Waals surface area contributed by atoms with E-state index < -0.39 is 5.97 Å². The maximum absolute atomic E-state index is 12.4. The van der Waals surface area contributed by atoms with Gasteiger partial charge in [-0.05, 0) is 24.6 Å². The lowest BCUT2D eigenvalue weighted by Gasteiger charge is -2.12. The van der Waals surface area contributed by atoms with Crippen LogP contribution in [0.1, 0.15) is 15.9 Å². The van der Waals surface area contributed by atoms with Crippen LogP contribution in [0.4, 0.5) is 0 Å². The van der Waals surface area contributed by atoms with Gasteiger partial charge in [0, 0.05) is 10.8 Å². The van der Waals surface area contributed by atoms with E-state index in [1.165, 1.54) is 0 Å². The molecule has 3 aromatic carbocycles. The number of halogens is 2. The molecule has 0 bridgehead atoms. The van der Waals surface area contributed by atoms with E-state index in [4.69, 9.17) is 27.9 Å². The van der Waals surface area contributed by atoms with E-state index in [1.807, 2.05) is 43.3 Å². The summed E-state index contributed by atoms with van der Waals surface area (Å²) in [5, 5.41) is 2.34. The molecule has 0 aliphatic heterocycles. The van der Waals surface area contributed by atoms with Crippen LogP contribution in [0, 0.1) is 6.92 Å². The zero-order valence-electron chi connectivity index (χ0n) is 11.8. The molecule has 0 saturated heterocycles. The number of esters is 1. The van der Waals surface area contributed by atoms with E-state index in [2.05, 4.69) is 0 Å². The van der Waals surface area contributed by atoms with Crippen molar-refractivity contribution in [1.82, 2.24) is 0 Å². The molecular formula is C18H12Cl2O2. The van der Waals surface area contributed by atoms with Crippen molar-refractivity contribution in [3.05, 3.63) is 75.8 Å². The van der Waals surface area contributed by atoms with Crippen molar-refractivity contribution >= 4 is 39.9 Å². The predicted molar refractivity (Wildman–Crippen MR) is 90.1 cm³/mol. The van der Waals surface area contributed by atoms with Gasteiger partial charge in [0.1, 0.15) is 0 Å². The molecule has 3 rings (SSSR count). The molecule has 0 radical (unpaired) electrons. The molecule has 0 heterocycles. The molecule has 0 saturated carbocycles. The van der Waals surface area contributed by atoms with Crippen LogP contribution in [0.2, 0.25) is 10.0 Å². The highest BCUT2D eigenvalue weighted by Crippen LogP contribution is 2.38. The predicted octanol–water partition coefficient (Wildman–Crippen LogP) is 5.67. The Morgan fingerprint density at radius 3 is 2.27 bits per heavy atom. The molecule has 0 fully saturated rings. The average Bonchev–Trinajstić information content (AvgIpc) is 2.51. The van der Waals surface area contributed by atoms with Gasteiger partial charge in [-0.3, -0.25) is 0 Å². The maximum Gasteiger partial charge on any atom is 0.343 e. The fourth-order valence-electron chi connectivity index (χ4n) is 2.33. The number of hydrogen-bond acceptors (Lipinski definition) is 2. The minimum Gasteiger partial charge on any atom is -0.421 e. The van der Waals surface area contributed by atoms with Crippen molar-refractivity contribution in [2.75, 3.05) is 0 Å². The van der Waals surface area contributed by atoms with E-state index in [9.17, 15) is 4.79 Å². The van der Waals surface area contributed by atoms with E-state index in [-0.39, 0.29) is 0 Å². The molecule has 4 heteroatoms. The molecule has 0 atom stereocenters. The van der Waals surface area contributed by atoms with Crippen LogP contribution in [0.3, 0.4) is 0 Å². The number of fused-ring (bicyclic) bond motifs is 1. The molecule has 0 aliphatic carbocycles. The Bertz CT molecular complexity index is 872. The van der Waals surface area contributed by atoms with Gasteiger partial charge in [0.15, 0.2) is 5.75 Å². The van der Waals surface area contributed by atoms with Crippen LogP contribution < -0.4 is 4.74 Å². The highest BCUT2D eigenvalue weighted by Gasteiger charge is 2.17. The quantitative estimate of drug-likeness (QED) is 0.446. The second kappa shape index (κ2) is 5.99. The molecule has 0 spiro atoms. The molecule has 2 nitrogen and oxygen atoms in total. The van der Waals surface area contributed by atoms with Crippen LogP contribution in [0.15, 0.2) is 54.6 Å². The Balaban J connectivity index is 2.08. The molecule has 0 amide bonds. The summed E-state index contributed by atoms with van der Waals surface area (Å²) in [5.74, 6) is -0.109.